The highest BCUT2D eigenvalue weighted by Crippen LogP contribution is 2.34. The molecule has 1 aliphatic rings. The second kappa shape index (κ2) is 6.79. The van der Waals surface area contributed by atoms with Crippen LogP contribution >= 0.6 is 11.3 Å². The molecular weight excluding hydrogens is 380 g/mol. The van der Waals surface area contributed by atoms with Gasteiger partial charge in [-0.05, 0) is 61.6 Å². The quantitative estimate of drug-likeness (QED) is 0.410. The van der Waals surface area contributed by atoms with Crippen LogP contribution in [-0.2, 0) is 0 Å². The minimum Gasteiger partial charge on any atom is -0.353 e. The Balaban J connectivity index is 1.48. The third kappa shape index (κ3) is 2.85. The zero-order chi connectivity index (χ0) is 19.2. The van der Waals surface area contributed by atoms with Gasteiger partial charge < -0.3 is 10.3 Å². The topological polar surface area (TPSA) is 82.3 Å². The van der Waals surface area contributed by atoms with Crippen LogP contribution in [-0.4, -0.2) is 38.2 Å². The fraction of sp³-hybridized carbons (Fsp3) is 0.227. The van der Waals surface area contributed by atoms with Gasteiger partial charge in [0.05, 0.1) is 16.9 Å². The van der Waals surface area contributed by atoms with Gasteiger partial charge in [-0.25, -0.2) is 4.98 Å². The van der Waals surface area contributed by atoms with Crippen LogP contribution in [0.5, 0.6) is 0 Å². The van der Waals surface area contributed by atoms with Crippen LogP contribution in [0.1, 0.15) is 24.5 Å². The van der Waals surface area contributed by atoms with Gasteiger partial charge in [0.2, 0.25) is 0 Å². The zero-order valence-electron chi connectivity index (χ0n) is 15.8. The summed E-state index contributed by atoms with van der Waals surface area (Å²) in [6.45, 7) is 2.12. The fourth-order valence-electron chi connectivity index (χ4n) is 4.26. The number of rotatable bonds is 3. The van der Waals surface area contributed by atoms with Crippen LogP contribution in [0.2, 0.25) is 0 Å². The molecule has 144 valence electrons. The summed E-state index contributed by atoms with van der Waals surface area (Å²) in [7, 11) is 0. The van der Waals surface area contributed by atoms with E-state index in [9.17, 15) is 0 Å². The van der Waals surface area contributed by atoms with Crippen molar-refractivity contribution in [3.05, 3.63) is 53.0 Å². The molecule has 0 amide bonds. The molecule has 1 aliphatic heterocycles. The molecule has 1 fully saturated rings. The molecule has 7 heteroatoms. The monoisotopic (exact) mass is 400 g/mol. The lowest BCUT2D eigenvalue weighted by molar-refractivity contribution is 0.454. The molecule has 0 radical (unpaired) electrons. The van der Waals surface area contributed by atoms with Crippen molar-refractivity contribution in [1.82, 2.24) is 30.5 Å². The molecule has 0 aromatic carbocycles. The second-order valence-corrected chi connectivity index (χ2v) is 8.32. The van der Waals surface area contributed by atoms with Crippen molar-refractivity contribution in [2.75, 3.05) is 13.1 Å². The number of aromatic nitrogens is 5. The summed E-state index contributed by atoms with van der Waals surface area (Å²) in [5.41, 5.74) is 8.08. The molecule has 3 N–H and O–H groups in total. The number of nitrogens with one attached hydrogen (secondary N) is 3. The largest absolute Gasteiger partial charge is 0.353 e. The number of hydrogen-bond donors (Lipinski definition) is 3. The predicted octanol–water partition coefficient (Wildman–Crippen LogP) is 4.70. The SMILES string of the molecule is c1cc2[nH]c(-c3n[nH]c4ccc(C5CCNCC5)nc34)cc2c(-c2ccsc2)n1. The van der Waals surface area contributed by atoms with E-state index in [2.05, 4.69) is 60.5 Å². The molecule has 0 spiro atoms. The van der Waals surface area contributed by atoms with Crippen LogP contribution in [0.4, 0.5) is 0 Å². The Morgan fingerprint density at radius 1 is 1.00 bits per heavy atom. The maximum Gasteiger partial charge on any atom is 0.135 e. The highest BCUT2D eigenvalue weighted by molar-refractivity contribution is 7.08. The minimum absolute atomic E-state index is 0.514. The first-order valence-corrected chi connectivity index (χ1v) is 10.9. The first-order valence-electron chi connectivity index (χ1n) is 9.93. The van der Waals surface area contributed by atoms with Crippen molar-refractivity contribution in [3.63, 3.8) is 0 Å². The van der Waals surface area contributed by atoms with Crippen molar-refractivity contribution in [2.24, 2.45) is 0 Å². The molecule has 29 heavy (non-hydrogen) atoms. The standard InChI is InChI=1S/C22H20N6S/c1-2-18-21(26-16(1)13-3-7-23-8-4-13)22(28-27-18)19-11-15-17(25-19)5-9-24-20(15)14-6-10-29-12-14/h1-2,5-6,9-13,23,25H,3-4,7-8H2,(H,27,28). The first kappa shape index (κ1) is 16.9. The second-order valence-electron chi connectivity index (χ2n) is 7.54. The summed E-state index contributed by atoms with van der Waals surface area (Å²) in [5.74, 6) is 0.514. The highest BCUT2D eigenvalue weighted by atomic mass is 32.1. The number of piperidine rings is 1. The van der Waals surface area contributed by atoms with Crippen LogP contribution in [0.15, 0.2) is 47.3 Å². The lowest BCUT2D eigenvalue weighted by atomic mass is 9.94. The Labute approximate surface area is 171 Å². The smallest absolute Gasteiger partial charge is 0.135 e. The Hall–Kier alpha value is -3.03. The molecule has 0 unspecified atom stereocenters. The van der Waals surface area contributed by atoms with Crippen LogP contribution in [0.3, 0.4) is 0 Å². The molecule has 6 nitrogen and oxygen atoms in total. The lowest BCUT2D eigenvalue weighted by Gasteiger charge is -2.22. The third-order valence-corrected chi connectivity index (χ3v) is 6.47. The van der Waals surface area contributed by atoms with Gasteiger partial charge in [-0.15, -0.1) is 0 Å². The van der Waals surface area contributed by atoms with Crippen LogP contribution in [0, 0.1) is 0 Å². The molecular formula is C22H20N6S. The normalized spacial score (nSPS) is 15.4. The Morgan fingerprint density at radius 2 is 1.93 bits per heavy atom. The summed E-state index contributed by atoms with van der Waals surface area (Å²) in [5, 5.41) is 16.5. The van der Waals surface area contributed by atoms with Crippen molar-refractivity contribution < 1.29 is 0 Å². The summed E-state index contributed by atoms with van der Waals surface area (Å²) in [6, 6.07) is 10.5. The van der Waals surface area contributed by atoms with E-state index in [4.69, 9.17) is 4.98 Å². The molecule has 6 rings (SSSR count). The summed E-state index contributed by atoms with van der Waals surface area (Å²) in [6.07, 6.45) is 4.12. The first-order chi connectivity index (χ1) is 14.4. The molecule has 0 atom stereocenters. The van der Waals surface area contributed by atoms with E-state index in [-0.39, 0.29) is 0 Å². The van der Waals surface area contributed by atoms with E-state index in [1.54, 1.807) is 11.3 Å². The average molecular weight is 401 g/mol. The van der Waals surface area contributed by atoms with E-state index in [1.807, 2.05) is 12.3 Å². The van der Waals surface area contributed by atoms with Crippen molar-refractivity contribution in [1.29, 1.82) is 0 Å². The van der Waals surface area contributed by atoms with E-state index in [0.29, 0.717) is 5.92 Å². The van der Waals surface area contributed by atoms with Gasteiger partial charge in [0.15, 0.2) is 0 Å². The molecule has 5 aromatic rings. The van der Waals surface area contributed by atoms with E-state index in [1.165, 1.54) is 5.69 Å². The van der Waals surface area contributed by atoms with Gasteiger partial charge in [0, 0.05) is 39.7 Å². The van der Waals surface area contributed by atoms with Crippen molar-refractivity contribution >= 4 is 33.3 Å². The van der Waals surface area contributed by atoms with Gasteiger partial charge >= 0.3 is 0 Å². The fourth-order valence-corrected chi connectivity index (χ4v) is 4.90. The molecule has 1 saturated heterocycles. The molecule has 0 bridgehead atoms. The van der Waals surface area contributed by atoms with Gasteiger partial charge in [-0.1, -0.05) is 0 Å². The Morgan fingerprint density at radius 3 is 2.79 bits per heavy atom. The maximum atomic E-state index is 5.02. The van der Waals surface area contributed by atoms with Crippen molar-refractivity contribution in [3.8, 4) is 22.6 Å². The third-order valence-electron chi connectivity index (χ3n) is 5.78. The summed E-state index contributed by atoms with van der Waals surface area (Å²) in [4.78, 5) is 13.2. The van der Waals surface area contributed by atoms with Crippen molar-refractivity contribution in [2.45, 2.75) is 18.8 Å². The Bertz CT molecular complexity index is 1290. The van der Waals surface area contributed by atoms with Gasteiger partial charge in [-0.3, -0.25) is 10.1 Å². The molecule has 0 aliphatic carbocycles. The van der Waals surface area contributed by atoms with Gasteiger partial charge in [0.1, 0.15) is 11.2 Å². The van der Waals surface area contributed by atoms with Gasteiger partial charge in [-0.2, -0.15) is 16.4 Å². The summed E-state index contributed by atoms with van der Waals surface area (Å²) >= 11 is 1.68. The number of fused-ring (bicyclic) bond motifs is 2. The molecule has 5 aromatic heterocycles. The number of hydrogen-bond acceptors (Lipinski definition) is 5. The van der Waals surface area contributed by atoms with Gasteiger partial charge in [0.25, 0.3) is 0 Å². The highest BCUT2D eigenvalue weighted by Gasteiger charge is 2.19. The number of nitrogens with zero attached hydrogens (tertiary/aromatic N) is 3. The molecule has 0 saturated carbocycles. The van der Waals surface area contributed by atoms with E-state index in [0.717, 1.165) is 70.5 Å². The predicted molar refractivity (Wildman–Crippen MR) is 117 cm³/mol. The van der Waals surface area contributed by atoms with E-state index >= 15 is 0 Å². The zero-order valence-corrected chi connectivity index (χ0v) is 16.6. The number of thiophene rings is 1. The Kier molecular flexibility index (Phi) is 3.95. The molecule has 6 heterocycles. The van der Waals surface area contributed by atoms with Crippen LogP contribution < -0.4 is 5.32 Å². The maximum absolute atomic E-state index is 5.02. The average Bonchev–Trinajstić information content (AvgIpc) is 3.52. The van der Waals surface area contributed by atoms with Crippen LogP contribution in [0.25, 0.3) is 44.6 Å². The number of H-pyrrole nitrogens is 2. The number of pyridine rings is 2. The lowest BCUT2D eigenvalue weighted by Crippen LogP contribution is -2.27. The minimum atomic E-state index is 0.514. The van der Waals surface area contributed by atoms with E-state index < -0.39 is 0 Å². The summed E-state index contributed by atoms with van der Waals surface area (Å²) < 4.78 is 0. The number of aromatic amines is 2.